The van der Waals surface area contributed by atoms with Crippen LogP contribution in [-0.4, -0.2) is 95.9 Å². The molecule has 1 aromatic heterocycles. The van der Waals surface area contributed by atoms with E-state index >= 15 is 0 Å². The lowest BCUT2D eigenvalue weighted by Gasteiger charge is -2.21. The maximum Gasteiger partial charge on any atom is 0.233 e. The van der Waals surface area contributed by atoms with E-state index in [0.29, 0.717) is 58.8 Å². The molecule has 5 aromatic rings. The third kappa shape index (κ3) is 8.53. The Hall–Kier alpha value is -5.73. The molecular weight excluding hydrogens is 644 g/mol. The van der Waals surface area contributed by atoms with Gasteiger partial charge in [-0.1, -0.05) is 42.5 Å². The Labute approximate surface area is 297 Å². The minimum absolute atomic E-state index is 0.180. The van der Waals surface area contributed by atoms with Crippen LogP contribution in [0.15, 0.2) is 91.0 Å². The molecule has 0 aliphatic heterocycles. The Balaban J connectivity index is 1.11. The fourth-order valence-corrected chi connectivity index (χ4v) is 5.70. The molecule has 13 nitrogen and oxygen atoms in total. The van der Waals surface area contributed by atoms with Crippen molar-refractivity contribution < 1.29 is 14.8 Å². The average Bonchev–Trinajstić information content (AvgIpc) is 3.12. The van der Waals surface area contributed by atoms with E-state index < -0.39 is 6.04 Å². The topological polar surface area (TPSA) is 160 Å². The summed E-state index contributed by atoms with van der Waals surface area (Å²) < 4.78 is 0. The quantitative estimate of drug-likeness (QED) is 0.0789. The van der Waals surface area contributed by atoms with Gasteiger partial charge in [0.05, 0.1) is 6.04 Å². The third-order valence-electron chi connectivity index (χ3n) is 8.41. The van der Waals surface area contributed by atoms with Crippen LogP contribution in [-0.2, 0) is 0 Å². The number of carbonyl (C=O) groups is 2. The molecule has 1 aliphatic rings. The monoisotopic (exact) mass is 686 g/mol. The fraction of sp³-hybridized carbons (Fsp3) is 0.237. The first-order valence-corrected chi connectivity index (χ1v) is 16.7. The molecule has 4 aromatic carbocycles. The van der Waals surface area contributed by atoms with Crippen LogP contribution in [0.4, 0.5) is 34.9 Å². The van der Waals surface area contributed by atoms with Crippen LogP contribution in [0.3, 0.4) is 0 Å². The molecule has 13 heteroatoms. The molecular formula is C38H42N10O3. The normalized spacial score (nSPS) is 12.8. The molecule has 0 amide bonds. The van der Waals surface area contributed by atoms with Crippen molar-refractivity contribution in [2.45, 2.75) is 6.04 Å². The van der Waals surface area contributed by atoms with Crippen molar-refractivity contribution in [3.8, 4) is 0 Å². The van der Waals surface area contributed by atoms with Crippen LogP contribution in [0, 0.1) is 0 Å². The van der Waals surface area contributed by atoms with E-state index in [1.807, 2.05) is 76.7 Å². The first-order valence-electron chi connectivity index (χ1n) is 16.7. The number of nitrogens with one attached hydrogen (secondary N) is 5. The van der Waals surface area contributed by atoms with Crippen LogP contribution in [0.2, 0.25) is 0 Å². The Morgan fingerprint density at radius 1 is 0.569 bits per heavy atom. The first kappa shape index (κ1) is 35.1. The molecule has 0 spiro atoms. The second-order valence-corrected chi connectivity index (χ2v) is 12.8. The first-order chi connectivity index (χ1) is 24.7. The molecule has 51 heavy (non-hydrogen) atoms. The van der Waals surface area contributed by atoms with Gasteiger partial charge in [-0.15, -0.1) is 0 Å². The summed E-state index contributed by atoms with van der Waals surface area (Å²) in [6, 6.07) is 26.7. The molecule has 0 fully saturated rings. The molecule has 0 saturated carbocycles. The SMILES string of the molecule is CN(C)CCNc1nc(NCCN(C)C)nc(Nc2ccc(Nc3ccc(C(NO)c4ccc5c(c4)C(=O)c4ccccc4C5=O)cc3)cc2)n1. The summed E-state index contributed by atoms with van der Waals surface area (Å²) in [6.07, 6.45) is 0. The molecule has 1 unspecified atom stereocenters. The van der Waals surface area contributed by atoms with Gasteiger partial charge >= 0.3 is 0 Å². The van der Waals surface area contributed by atoms with Gasteiger partial charge in [0.25, 0.3) is 0 Å². The number of fused-ring (bicyclic) bond motifs is 2. The number of ketones is 2. The van der Waals surface area contributed by atoms with Gasteiger partial charge < -0.3 is 36.3 Å². The molecule has 1 heterocycles. The summed E-state index contributed by atoms with van der Waals surface area (Å²) >= 11 is 0. The maximum absolute atomic E-state index is 13.3. The number of aromatic nitrogens is 3. The lowest BCUT2D eigenvalue weighted by Crippen LogP contribution is -2.23. The third-order valence-corrected chi connectivity index (χ3v) is 8.41. The van der Waals surface area contributed by atoms with Gasteiger partial charge in [-0.05, 0) is 87.8 Å². The highest BCUT2D eigenvalue weighted by molar-refractivity contribution is 6.28. The zero-order valence-electron chi connectivity index (χ0n) is 29.1. The highest BCUT2D eigenvalue weighted by Gasteiger charge is 2.30. The lowest BCUT2D eigenvalue weighted by atomic mass is 9.82. The van der Waals surface area contributed by atoms with E-state index in [0.717, 1.165) is 35.7 Å². The molecule has 6 rings (SSSR count). The van der Waals surface area contributed by atoms with Crippen LogP contribution in [0.5, 0.6) is 0 Å². The van der Waals surface area contributed by atoms with Gasteiger partial charge in [0.1, 0.15) is 0 Å². The van der Waals surface area contributed by atoms with Gasteiger partial charge in [-0.3, -0.25) is 9.59 Å². The number of nitrogens with zero attached hydrogens (tertiary/aromatic N) is 5. The van der Waals surface area contributed by atoms with Crippen molar-refractivity contribution in [3.63, 3.8) is 0 Å². The van der Waals surface area contributed by atoms with Crippen molar-refractivity contribution >= 4 is 46.5 Å². The number of hydroxylamine groups is 1. The van der Waals surface area contributed by atoms with E-state index in [4.69, 9.17) is 0 Å². The standard InChI is InChI=1S/C38H42N10O3/c1-47(2)21-19-39-36-43-37(40-20-22-48(3)4)45-38(44-36)42-28-16-14-27(15-17-28)41-26-12-9-24(10-13-26)33(46-51)25-11-18-31-32(23-25)35(50)30-8-6-5-7-29(30)34(31)49/h5-18,23,33,41,46,51H,19-22H2,1-4H3,(H3,39,40,42,43,44,45). The second-order valence-electron chi connectivity index (χ2n) is 12.8. The number of benzene rings is 4. The van der Waals surface area contributed by atoms with Crippen LogP contribution < -0.4 is 26.7 Å². The molecule has 1 atom stereocenters. The molecule has 0 saturated heterocycles. The maximum atomic E-state index is 13.3. The van der Waals surface area contributed by atoms with Crippen LogP contribution in [0.25, 0.3) is 0 Å². The molecule has 0 radical (unpaired) electrons. The van der Waals surface area contributed by atoms with Crippen LogP contribution in [0.1, 0.15) is 49.0 Å². The van der Waals surface area contributed by atoms with Crippen molar-refractivity contribution in [1.82, 2.24) is 30.2 Å². The van der Waals surface area contributed by atoms with Crippen molar-refractivity contribution in [3.05, 3.63) is 124 Å². The van der Waals surface area contributed by atoms with Crippen molar-refractivity contribution in [2.24, 2.45) is 0 Å². The summed E-state index contributed by atoms with van der Waals surface area (Å²) in [5.41, 5.74) is 7.83. The number of hydrogen-bond acceptors (Lipinski definition) is 13. The van der Waals surface area contributed by atoms with Crippen molar-refractivity contribution in [2.75, 3.05) is 75.6 Å². The molecule has 262 valence electrons. The summed E-state index contributed by atoms with van der Waals surface area (Å²) in [4.78, 5) is 44.1. The number of hydrogen-bond donors (Lipinski definition) is 6. The second kappa shape index (κ2) is 15.9. The zero-order chi connectivity index (χ0) is 35.9. The summed E-state index contributed by atoms with van der Waals surface area (Å²) in [5.74, 6) is 1.02. The minimum atomic E-state index is -0.613. The molecule has 1 aliphatic carbocycles. The Morgan fingerprint density at radius 3 is 1.55 bits per heavy atom. The zero-order valence-corrected chi connectivity index (χ0v) is 29.1. The van der Waals surface area contributed by atoms with E-state index in [1.54, 1.807) is 42.5 Å². The van der Waals surface area contributed by atoms with E-state index in [1.165, 1.54) is 0 Å². The van der Waals surface area contributed by atoms with E-state index in [-0.39, 0.29) is 11.6 Å². The fourth-order valence-electron chi connectivity index (χ4n) is 5.70. The van der Waals surface area contributed by atoms with Gasteiger partial charge in [0, 0.05) is 65.5 Å². The average molecular weight is 687 g/mol. The highest BCUT2D eigenvalue weighted by atomic mass is 16.5. The molecule has 0 bridgehead atoms. The highest BCUT2D eigenvalue weighted by Crippen LogP contribution is 2.32. The Bertz CT molecular complexity index is 1970. The van der Waals surface area contributed by atoms with E-state index in [2.05, 4.69) is 51.5 Å². The number of carbonyl (C=O) groups excluding carboxylic acids is 2. The largest absolute Gasteiger partial charge is 0.356 e. The predicted octanol–water partition coefficient (Wildman–Crippen LogP) is 5.15. The number of anilines is 6. The van der Waals surface area contributed by atoms with E-state index in [9.17, 15) is 14.8 Å². The lowest BCUT2D eigenvalue weighted by molar-refractivity contribution is 0.0978. The van der Waals surface area contributed by atoms with Gasteiger partial charge in [-0.25, -0.2) is 0 Å². The number of rotatable bonds is 15. The van der Waals surface area contributed by atoms with Crippen LogP contribution >= 0.6 is 0 Å². The Morgan fingerprint density at radius 2 is 1.02 bits per heavy atom. The number of likely N-dealkylation sites (N-methyl/N-ethyl adjacent to an activating group) is 2. The smallest absolute Gasteiger partial charge is 0.233 e. The van der Waals surface area contributed by atoms with Gasteiger partial charge in [0.15, 0.2) is 11.6 Å². The van der Waals surface area contributed by atoms with Gasteiger partial charge in [-0.2, -0.15) is 20.4 Å². The van der Waals surface area contributed by atoms with Crippen molar-refractivity contribution in [1.29, 1.82) is 0 Å². The predicted molar refractivity (Wildman–Crippen MR) is 200 cm³/mol. The minimum Gasteiger partial charge on any atom is -0.356 e. The summed E-state index contributed by atoms with van der Waals surface area (Å²) in [6.45, 7) is 3.06. The van der Waals surface area contributed by atoms with Gasteiger partial charge in [0.2, 0.25) is 17.8 Å². The Kier molecular flexibility index (Phi) is 10.9. The summed E-state index contributed by atoms with van der Waals surface area (Å²) in [5, 5.41) is 23.4. The summed E-state index contributed by atoms with van der Waals surface area (Å²) in [7, 11) is 8.06. The molecule has 6 N–H and O–H groups in total.